The first-order chi connectivity index (χ1) is 5.68. The second-order valence-corrected chi connectivity index (χ2v) is 4.82. The average Bonchev–Trinajstić information content (AvgIpc) is 2.75. The van der Waals surface area contributed by atoms with E-state index in [1.165, 1.54) is 25.7 Å². The van der Waals surface area contributed by atoms with Gasteiger partial charge in [0, 0.05) is 0 Å². The van der Waals surface area contributed by atoms with Gasteiger partial charge in [0.2, 0.25) is 0 Å². The molecule has 1 heteroatoms. The number of hydrogen-bond donors (Lipinski definition) is 1. The second-order valence-electron chi connectivity index (χ2n) is 4.82. The minimum Gasteiger partial charge on any atom is -0.389 e. The van der Waals surface area contributed by atoms with Gasteiger partial charge in [0.25, 0.3) is 0 Å². The Hall–Kier alpha value is -0.0400. The van der Waals surface area contributed by atoms with Crippen LogP contribution in [0.1, 0.15) is 46.0 Å². The second kappa shape index (κ2) is 2.73. The molecule has 2 aliphatic rings. The van der Waals surface area contributed by atoms with Gasteiger partial charge in [-0.25, -0.2) is 0 Å². The summed E-state index contributed by atoms with van der Waals surface area (Å²) in [5, 5.41) is 10.4. The minimum absolute atomic E-state index is 0.263. The highest BCUT2D eigenvalue weighted by Gasteiger charge is 2.58. The molecule has 2 aliphatic carbocycles. The van der Waals surface area contributed by atoms with E-state index in [9.17, 15) is 5.11 Å². The summed E-state index contributed by atoms with van der Waals surface area (Å²) in [6.45, 7) is 4.43. The Balaban J connectivity index is 2.00. The molecule has 70 valence electrons. The molecule has 2 fully saturated rings. The minimum atomic E-state index is -0.263. The summed E-state index contributed by atoms with van der Waals surface area (Å²) in [6.07, 6.45) is 6.07. The van der Waals surface area contributed by atoms with Gasteiger partial charge < -0.3 is 5.11 Å². The van der Waals surface area contributed by atoms with Gasteiger partial charge in [-0.3, -0.25) is 0 Å². The zero-order chi connectivity index (χ0) is 8.77. The first kappa shape index (κ1) is 8.55. The molecule has 0 radical (unpaired) electrons. The smallest absolute Gasteiger partial charge is 0.0704 e. The Kier molecular flexibility index (Phi) is 1.95. The molecule has 2 rings (SSSR count). The average molecular weight is 168 g/mol. The van der Waals surface area contributed by atoms with Crippen molar-refractivity contribution in [3.8, 4) is 0 Å². The molecule has 0 aromatic carbocycles. The van der Waals surface area contributed by atoms with Crippen LogP contribution in [0.2, 0.25) is 0 Å². The summed E-state index contributed by atoms with van der Waals surface area (Å²) in [7, 11) is 0. The maximum atomic E-state index is 10.4. The molecule has 0 heterocycles. The standard InChI is InChI=1S/C11H20O/c1-3-4-8(2)11(12)6-5-9-7-10(9)11/h8-10,12H,3-7H2,1-2H3. The van der Waals surface area contributed by atoms with Crippen molar-refractivity contribution < 1.29 is 5.11 Å². The molecular formula is C11H20O. The number of aliphatic hydroxyl groups is 1. The normalized spacial score (nSPS) is 47.2. The summed E-state index contributed by atoms with van der Waals surface area (Å²) in [6, 6.07) is 0. The monoisotopic (exact) mass is 168 g/mol. The van der Waals surface area contributed by atoms with E-state index < -0.39 is 0 Å². The van der Waals surface area contributed by atoms with Crippen LogP contribution >= 0.6 is 0 Å². The molecule has 0 saturated heterocycles. The molecule has 4 unspecified atom stereocenters. The third-order valence-corrected chi connectivity index (χ3v) is 4.06. The van der Waals surface area contributed by atoms with Gasteiger partial charge in [0.15, 0.2) is 0 Å². The van der Waals surface area contributed by atoms with E-state index in [2.05, 4.69) is 13.8 Å². The van der Waals surface area contributed by atoms with Crippen LogP contribution in [-0.4, -0.2) is 10.7 Å². The van der Waals surface area contributed by atoms with Gasteiger partial charge in [-0.1, -0.05) is 20.3 Å². The number of fused-ring (bicyclic) bond motifs is 1. The molecule has 0 aromatic heterocycles. The molecule has 4 atom stereocenters. The molecule has 0 bridgehead atoms. The summed E-state index contributed by atoms with van der Waals surface area (Å²) < 4.78 is 0. The highest BCUT2D eigenvalue weighted by atomic mass is 16.3. The molecule has 0 spiro atoms. The molecule has 2 saturated carbocycles. The van der Waals surface area contributed by atoms with E-state index in [4.69, 9.17) is 0 Å². The van der Waals surface area contributed by atoms with Crippen LogP contribution in [0.3, 0.4) is 0 Å². The van der Waals surface area contributed by atoms with Gasteiger partial charge in [-0.2, -0.15) is 0 Å². The summed E-state index contributed by atoms with van der Waals surface area (Å²) in [4.78, 5) is 0. The largest absolute Gasteiger partial charge is 0.389 e. The fourth-order valence-corrected chi connectivity index (χ4v) is 3.08. The Bertz CT molecular complexity index is 178. The van der Waals surface area contributed by atoms with Crippen LogP contribution in [0.4, 0.5) is 0 Å². The highest BCUT2D eigenvalue weighted by Crippen LogP contribution is 2.60. The predicted octanol–water partition coefficient (Wildman–Crippen LogP) is 2.58. The third kappa shape index (κ3) is 1.10. The van der Waals surface area contributed by atoms with Gasteiger partial charge in [0.1, 0.15) is 0 Å². The maximum absolute atomic E-state index is 10.4. The first-order valence-corrected chi connectivity index (χ1v) is 5.41. The zero-order valence-corrected chi connectivity index (χ0v) is 8.21. The van der Waals surface area contributed by atoms with Crippen molar-refractivity contribution in [2.24, 2.45) is 17.8 Å². The van der Waals surface area contributed by atoms with Crippen molar-refractivity contribution in [2.75, 3.05) is 0 Å². The van der Waals surface area contributed by atoms with E-state index >= 15 is 0 Å². The van der Waals surface area contributed by atoms with Crippen molar-refractivity contribution in [1.29, 1.82) is 0 Å². The topological polar surface area (TPSA) is 20.2 Å². The lowest BCUT2D eigenvalue weighted by Gasteiger charge is -2.31. The molecular weight excluding hydrogens is 148 g/mol. The van der Waals surface area contributed by atoms with Crippen LogP contribution in [-0.2, 0) is 0 Å². The first-order valence-electron chi connectivity index (χ1n) is 5.41. The number of hydrogen-bond acceptors (Lipinski definition) is 1. The molecule has 1 N–H and O–H groups in total. The Morgan fingerprint density at radius 3 is 2.75 bits per heavy atom. The van der Waals surface area contributed by atoms with E-state index in [0.717, 1.165) is 12.3 Å². The Labute approximate surface area is 75.2 Å². The highest BCUT2D eigenvalue weighted by molar-refractivity contribution is 5.09. The van der Waals surface area contributed by atoms with Crippen LogP contribution in [0, 0.1) is 17.8 Å². The summed E-state index contributed by atoms with van der Waals surface area (Å²) >= 11 is 0. The number of rotatable bonds is 3. The molecule has 0 aliphatic heterocycles. The third-order valence-electron chi connectivity index (χ3n) is 4.06. The SMILES string of the molecule is CCCC(C)C1(O)CCC2CC21. The molecule has 0 amide bonds. The molecule has 1 nitrogen and oxygen atoms in total. The molecule has 0 aromatic rings. The summed E-state index contributed by atoms with van der Waals surface area (Å²) in [5.74, 6) is 2.10. The predicted molar refractivity (Wildman–Crippen MR) is 49.9 cm³/mol. The fourth-order valence-electron chi connectivity index (χ4n) is 3.08. The van der Waals surface area contributed by atoms with Crippen molar-refractivity contribution in [2.45, 2.75) is 51.6 Å². The van der Waals surface area contributed by atoms with Crippen molar-refractivity contribution in [3.63, 3.8) is 0 Å². The van der Waals surface area contributed by atoms with Crippen LogP contribution in [0.15, 0.2) is 0 Å². The van der Waals surface area contributed by atoms with Gasteiger partial charge in [-0.15, -0.1) is 0 Å². The fraction of sp³-hybridized carbons (Fsp3) is 1.00. The van der Waals surface area contributed by atoms with Crippen LogP contribution < -0.4 is 0 Å². The van der Waals surface area contributed by atoms with Crippen molar-refractivity contribution in [3.05, 3.63) is 0 Å². The summed E-state index contributed by atoms with van der Waals surface area (Å²) in [5.41, 5.74) is -0.263. The van der Waals surface area contributed by atoms with Crippen molar-refractivity contribution >= 4 is 0 Å². The Morgan fingerprint density at radius 1 is 1.58 bits per heavy atom. The maximum Gasteiger partial charge on any atom is 0.0704 e. The van der Waals surface area contributed by atoms with Crippen molar-refractivity contribution in [1.82, 2.24) is 0 Å². The van der Waals surface area contributed by atoms with E-state index in [1.54, 1.807) is 0 Å². The van der Waals surface area contributed by atoms with E-state index in [-0.39, 0.29) is 5.60 Å². The molecule has 12 heavy (non-hydrogen) atoms. The van der Waals surface area contributed by atoms with Gasteiger partial charge in [0.05, 0.1) is 5.60 Å². The lowest BCUT2D eigenvalue weighted by Crippen LogP contribution is -2.36. The van der Waals surface area contributed by atoms with Crippen LogP contribution in [0.25, 0.3) is 0 Å². The van der Waals surface area contributed by atoms with Crippen LogP contribution in [0.5, 0.6) is 0 Å². The van der Waals surface area contributed by atoms with E-state index in [0.29, 0.717) is 11.8 Å². The zero-order valence-electron chi connectivity index (χ0n) is 8.21. The lowest BCUT2D eigenvalue weighted by atomic mass is 9.81. The lowest BCUT2D eigenvalue weighted by molar-refractivity contribution is -0.0291. The van der Waals surface area contributed by atoms with Gasteiger partial charge in [-0.05, 0) is 43.4 Å². The van der Waals surface area contributed by atoms with Gasteiger partial charge >= 0.3 is 0 Å². The quantitative estimate of drug-likeness (QED) is 0.686. The van der Waals surface area contributed by atoms with E-state index in [1.807, 2.05) is 0 Å². The Morgan fingerprint density at radius 2 is 2.33 bits per heavy atom.